The van der Waals surface area contributed by atoms with Crippen LogP contribution >= 0.6 is 0 Å². The van der Waals surface area contributed by atoms with Crippen molar-refractivity contribution < 1.29 is 48.8 Å². The first kappa shape index (κ1) is 38.1. The monoisotopic (exact) mass is 656 g/mol. The maximum Gasteiger partial charge on any atom is 0.303 e. The average molecular weight is 657 g/mol. The number of aryl methyl sites for hydroxylation is 1. The summed E-state index contributed by atoms with van der Waals surface area (Å²) in [4.78, 5) is 74.7. The molecule has 0 unspecified atom stereocenters. The Morgan fingerprint density at radius 3 is 1.94 bits per heavy atom. The molecule has 2 aliphatic rings. The number of carbonyl (C=O) groups is 6. The van der Waals surface area contributed by atoms with Gasteiger partial charge in [0.15, 0.2) is 0 Å². The van der Waals surface area contributed by atoms with Gasteiger partial charge in [0, 0.05) is 75.3 Å². The van der Waals surface area contributed by atoms with E-state index in [0.717, 1.165) is 30.2 Å². The van der Waals surface area contributed by atoms with E-state index in [1.807, 2.05) is 18.2 Å². The topological polar surface area (TPSA) is 237 Å². The van der Waals surface area contributed by atoms with E-state index in [1.54, 1.807) is 18.3 Å². The summed E-state index contributed by atoms with van der Waals surface area (Å²) in [7, 11) is 0. The van der Waals surface area contributed by atoms with Crippen molar-refractivity contribution in [3.63, 3.8) is 0 Å². The van der Waals surface area contributed by atoms with E-state index in [9.17, 15) is 28.8 Å². The van der Waals surface area contributed by atoms with Gasteiger partial charge >= 0.3 is 17.9 Å². The van der Waals surface area contributed by atoms with Gasteiger partial charge in [-0.3, -0.25) is 43.6 Å². The highest BCUT2D eigenvalue weighted by atomic mass is 16.5. The van der Waals surface area contributed by atoms with Crippen LogP contribution in [0.25, 0.3) is 0 Å². The zero-order valence-corrected chi connectivity index (χ0v) is 25.9. The lowest BCUT2D eigenvalue weighted by Crippen LogP contribution is -2.34. The summed E-state index contributed by atoms with van der Waals surface area (Å²) in [6.07, 6.45) is 4.75. The molecule has 0 spiro atoms. The number of carboxylic acid groups (broad SMARTS) is 3. The molecule has 254 valence electrons. The molecule has 0 aliphatic carbocycles. The van der Waals surface area contributed by atoms with E-state index in [4.69, 9.17) is 20.1 Å². The van der Waals surface area contributed by atoms with Crippen molar-refractivity contribution in [1.29, 1.82) is 0 Å². The second-order valence-electron chi connectivity index (χ2n) is 10.1. The summed E-state index contributed by atoms with van der Waals surface area (Å²) < 4.78 is 5.48. The largest absolute Gasteiger partial charge is 0.481 e. The maximum absolute atomic E-state index is 12.5. The lowest BCUT2D eigenvalue weighted by molar-refractivity contribution is -0.143. The summed E-state index contributed by atoms with van der Waals surface area (Å²) in [5.41, 5.74) is 2.97. The van der Waals surface area contributed by atoms with Gasteiger partial charge in [-0.15, -0.1) is 0 Å². The molecule has 0 fully saturated rings. The van der Waals surface area contributed by atoms with Gasteiger partial charge < -0.3 is 36.0 Å². The van der Waals surface area contributed by atoms with Crippen LogP contribution in [0.4, 0.5) is 0 Å². The van der Waals surface area contributed by atoms with E-state index >= 15 is 0 Å². The van der Waals surface area contributed by atoms with Gasteiger partial charge in [0.1, 0.15) is 0 Å². The van der Waals surface area contributed by atoms with E-state index < -0.39 is 17.9 Å². The molecule has 2 aromatic rings. The van der Waals surface area contributed by atoms with E-state index in [0.29, 0.717) is 51.3 Å². The Morgan fingerprint density at radius 1 is 0.851 bits per heavy atom. The van der Waals surface area contributed by atoms with Crippen LogP contribution in [0, 0.1) is 0 Å². The third kappa shape index (κ3) is 16.7. The van der Waals surface area contributed by atoms with Gasteiger partial charge in [-0.2, -0.15) is 0 Å². The molecule has 0 saturated heterocycles. The van der Waals surface area contributed by atoms with Gasteiger partial charge in [-0.1, -0.05) is 6.07 Å². The van der Waals surface area contributed by atoms with Gasteiger partial charge in [-0.25, -0.2) is 0 Å². The van der Waals surface area contributed by atoms with Crippen molar-refractivity contribution in [2.45, 2.75) is 45.2 Å². The number of fused-ring (bicyclic) bond motifs is 2. The molecule has 4 rings (SSSR count). The highest BCUT2D eigenvalue weighted by Crippen LogP contribution is 2.08. The van der Waals surface area contributed by atoms with Crippen LogP contribution in [-0.2, 0) is 48.2 Å². The second kappa shape index (κ2) is 21.6. The quantitative estimate of drug-likeness (QED) is 0.142. The van der Waals surface area contributed by atoms with E-state index in [2.05, 4.69) is 25.9 Å². The first-order valence-corrected chi connectivity index (χ1v) is 14.9. The minimum absolute atomic E-state index is 0.150. The minimum atomic E-state index is -1.08. The van der Waals surface area contributed by atoms with Crippen molar-refractivity contribution >= 4 is 35.6 Å². The molecule has 16 heteroatoms. The van der Waals surface area contributed by atoms with Crippen molar-refractivity contribution in [2.75, 3.05) is 39.4 Å². The minimum Gasteiger partial charge on any atom is -0.481 e. The molecule has 2 aromatic heterocycles. The maximum atomic E-state index is 12.5. The number of hydrogen-bond donors (Lipinski definition) is 6. The van der Waals surface area contributed by atoms with Crippen LogP contribution in [0.15, 0.2) is 48.7 Å². The zero-order chi connectivity index (χ0) is 34.4. The zero-order valence-electron chi connectivity index (χ0n) is 25.9. The molecular weight excluding hydrogens is 616 g/mol. The number of carbonyl (C=O) groups excluding carboxylic acids is 3. The molecule has 47 heavy (non-hydrogen) atoms. The number of nitrogens with one attached hydrogen (secondary N) is 3. The second-order valence-corrected chi connectivity index (χ2v) is 10.1. The van der Waals surface area contributed by atoms with E-state index in [1.165, 1.54) is 17.1 Å². The fraction of sp³-hybridized carbons (Fsp3) is 0.419. The predicted molar refractivity (Wildman–Crippen MR) is 166 cm³/mol. The van der Waals surface area contributed by atoms with Crippen molar-refractivity contribution in [2.24, 2.45) is 0 Å². The third-order valence-corrected chi connectivity index (χ3v) is 6.27. The van der Waals surface area contributed by atoms with Gasteiger partial charge in [0.25, 0.3) is 17.7 Å². The molecule has 0 aromatic carbocycles. The number of pyridine rings is 2. The average Bonchev–Trinajstić information content (AvgIpc) is 3.36. The van der Waals surface area contributed by atoms with Crippen LogP contribution in [0.5, 0.6) is 0 Å². The number of hydrogen-bond acceptors (Lipinski definition) is 11. The Bertz CT molecular complexity index is 1330. The number of amides is 3. The van der Waals surface area contributed by atoms with Crippen LogP contribution in [0.3, 0.4) is 0 Å². The fourth-order valence-corrected chi connectivity index (χ4v) is 3.97. The molecule has 0 atom stereocenters. The molecule has 2 bridgehead atoms. The Hall–Kier alpha value is -5.06. The van der Waals surface area contributed by atoms with Crippen LogP contribution in [0.2, 0.25) is 0 Å². The number of rotatable bonds is 11. The van der Waals surface area contributed by atoms with Crippen LogP contribution in [0.1, 0.15) is 53.1 Å². The number of carboxylic acids is 3. The predicted octanol–water partition coefficient (Wildman–Crippen LogP) is 0.371. The Labute approximate surface area is 271 Å². The Balaban J connectivity index is 0.000000330. The standard InChI is InChI=1S/C19H25N5O4.C8H9NO2.C4H6O4/c25-17-2-3-18(26)24(17)7-1-4-22-19(27)14-10-15-12-20-5-8-28-9-6-21-13-16(11-14)23-15;10-8(11)5-4-7-3-1-2-6-9-7;5-3(6)1-2-4(7)8/h2-3,10-11,20-21H,1,4-9,12-13H2,(H,22,27);1-3,6H,4-5H2,(H,10,11);1-2H2,(H,5,6)(H,7,8). The molecule has 16 nitrogen and oxygen atoms in total. The number of aromatic nitrogens is 2. The summed E-state index contributed by atoms with van der Waals surface area (Å²) in [5, 5.41) is 33.5. The van der Waals surface area contributed by atoms with Gasteiger partial charge in [-0.05, 0) is 30.7 Å². The molecule has 3 amide bonds. The number of imide groups is 1. The van der Waals surface area contributed by atoms with Crippen molar-refractivity contribution in [3.05, 3.63) is 71.3 Å². The molecule has 0 radical (unpaired) electrons. The van der Waals surface area contributed by atoms with Crippen molar-refractivity contribution in [3.8, 4) is 0 Å². The highest BCUT2D eigenvalue weighted by Gasteiger charge is 2.22. The fourth-order valence-electron chi connectivity index (χ4n) is 3.97. The SMILES string of the molecule is O=C(NCCCN1C(=O)C=CC1=O)c1cc2nc(c1)CNCCOCCNC2.O=C(O)CCC(=O)O.O=C(O)CCc1ccccn1. The molecular formula is C31H40N6O10. The van der Waals surface area contributed by atoms with Crippen LogP contribution < -0.4 is 16.0 Å². The molecule has 4 heterocycles. The smallest absolute Gasteiger partial charge is 0.303 e. The summed E-state index contributed by atoms with van der Waals surface area (Å²) >= 11 is 0. The Kier molecular flexibility index (Phi) is 17.6. The van der Waals surface area contributed by atoms with Crippen molar-refractivity contribution in [1.82, 2.24) is 30.8 Å². The first-order chi connectivity index (χ1) is 22.5. The number of aliphatic carboxylic acids is 3. The summed E-state index contributed by atoms with van der Waals surface area (Å²) in [6.45, 7) is 4.47. The number of nitrogens with zero attached hydrogens (tertiary/aromatic N) is 3. The molecule has 0 saturated carbocycles. The molecule has 6 N–H and O–H groups in total. The van der Waals surface area contributed by atoms with Gasteiger partial charge in [0.05, 0.1) is 43.9 Å². The van der Waals surface area contributed by atoms with Crippen LogP contribution in [-0.4, -0.2) is 105 Å². The third-order valence-electron chi connectivity index (χ3n) is 6.27. The highest BCUT2D eigenvalue weighted by molar-refractivity contribution is 6.12. The lowest BCUT2D eigenvalue weighted by atomic mass is 10.1. The first-order valence-electron chi connectivity index (χ1n) is 14.9. The normalized spacial score (nSPS) is 14.3. The molecule has 2 aliphatic heterocycles. The van der Waals surface area contributed by atoms with E-state index in [-0.39, 0.29) is 43.5 Å². The lowest BCUT2D eigenvalue weighted by Gasteiger charge is -2.14. The Morgan fingerprint density at radius 2 is 1.43 bits per heavy atom. The summed E-state index contributed by atoms with van der Waals surface area (Å²) in [6, 6.07) is 9.03. The number of ether oxygens (including phenoxy) is 1. The van der Waals surface area contributed by atoms with Gasteiger partial charge in [0.2, 0.25) is 0 Å². The summed E-state index contributed by atoms with van der Waals surface area (Å²) in [5.74, 6) is -3.75.